The molecule has 23 heavy (non-hydrogen) atoms. The molecule has 1 amide bonds. The lowest BCUT2D eigenvalue weighted by atomic mass is 10.0. The summed E-state index contributed by atoms with van der Waals surface area (Å²) >= 11 is 1.64. The van der Waals surface area contributed by atoms with Crippen molar-refractivity contribution in [1.29, 1.82) is 0 Å². The number of aromatic nitrogens is 1. The molecule has 124 valence electrons. The van der Waals surface area contributed by atoms with Crippen LogP contribution in [0.2, 0.25) is 0 Å². The number of carbonyl (C=O) groups is 1. The van der Waals surface area contributed by atoms with Gasteiger partial charge >= 0.3 is 0 Å². The third kappa shape index (κ3) is 3.83. The Morgan fingerprint density at radius 2 is 2.30 bits per heavy atom. The summed E-state index contributed by atoms with van der Waals surface area (Å²) < 4.78 is 5.53. The van der Waals surface area contributed by atoms with Crippen molar-refractivity contribution in [2.45, 2.75) is 52.0 Å². The van der Waals surface area contributed by atoms with E-state index in [0.717, 1.165) is 42.1 Å². The second-order valence-corrected chi connectivity index (χ2v) is 7.59. The summed E-state index contributed by atoms with van der Waals surface area (Å²) in [6.45, 7) is 5.02. The summed E-state index contributed by atoms with van der Waals surface area (Å²) in [5, 5.41) is 6.32. The highest BCUT2D eigenvalue weighted by molar-refractivity contribution is 7.13. The van der Waals surface area contributed by atoms with Crippen LogP contribution in [0.1, 0.15) is 57.7 Å². The van der Waals surface area contributed by atoms with E-state index < -0.39 is 0 Å². The first kappa shape index (κ1) is 16.2. The highest BCUT2D eigenvalue weighted by atomic mass is 32.1. The smallest absolute Gasteiger partial charge is 0.223 e. The van der Waals surface area contributed by atoms with E-state index >= 15 is 0 Å². The number of carbonyl (C=O) groups excluding carboxylic acids is 1. The van der Waals surface area contributed by atoms with Crippen LogP contribution in [0.25, 0.3) is 10.6 Å². The van der Waals surface area contributed by atoms with Gasteiger partial charge in [-0.15, -0.1) is 11.3 Å². The Labute approximate surface area is 141 Å². The maximum Gasteiger partial charge on any atom is 0.223 e. The van der Waals surface area contributed by atoms with Gasteiger partial charge in [0.25, 0.3) is 0 Å². The van der Waals surface area contributed by atoms with Crippen LogP contribution in [0, 0.1) is 5.92 Å². The highest BCUT2D eigenvalue weighted by Crippen LogP contribution is 2.33. The fourth-order valence-electron chi connectivity index (χ4n) is 3.16. The van der Waals surface area contributed by atoms with E-state index in [1.54, 1.807) is 11.3 Å². The summed E-state index contributed by atoms with van der Waals surface area (Å²) in [6.07, 6.45) is 4.97. The van der Waals surface area contributed by atoms with Gasteiger partial charge in [0.1, 0.15) is 5.69 Å². The van der Waals surface area contributed by atoms with Crippen LogP contribution in [0.4, 0.5) is 0 Å². The Kier molecular flexibility index (Phi) is 5.16. The van der Waals surface area contributed by atoms with Gasteiger partial charge in [-0.05, 0) is 30.2 Å². The zero-order valence-corrected chi connectivity index (χ0v) is 14.6. The lowest BCUT2D eigenvalue weighted by Gasteiger charge is -2.29. The van der Waals surface area contributed by atoms with E-state index in [2.05, 4.69) is 19.0 Å². The van der Waals surface area contributed by atoms with Crippen molar-refractivity contribution >= 4 is 17.2 Å². The number of likely N-dealkylation sites (tertiary alicyclic amines) is 1. The van der Waals surface area contributed by atoms with E-state index in [1.807, 2.05) is 28.5 Å². The predicted molar refractivity (Wildman–Crippen MR) is 92.2 cm³/mol. The molecule has 0 saturated carbocycles. The molecule has 1 aliphatic heterocycles. The maximum absolute atomic E-state index is 12.7. The number of hydrogen-bond donors (Lipinski definition) is 0. The second-order valence-electron chi connectivity index (χ2n) is 6.64. The fourth-order valence-corrected chi connectivity index (χ4v) is 3.83. The minimum Gasteiger partial charge on any atom is -0.355 e. The third-order valence-corrected chi connectivity index (χ3v) is 5.17. The molecule has 0 bridgehead atoms. The van der Waals surface area contributed by atoms with Gasteiger partial charge in [-0.2, -0.15) is 0 Å². The van der Waals surface area contributed by atoms with Crippen LogP contribution in [-0.2, 0) is 4.79 Å². The number of rotatable bonds is 4. The number of thiophene rings is 1. The van der Waals surface area contributed by atoms with Crippen LogP contribution in [0.3, 0.4) is 0 Å². The Morgan fingerprint density at radius 3 is 3.04 bits per heavy atom. The first-order valence-corrected chi connectivity index (χ1v) is 9.33. The van der Waals surface area contributed by atoms with Crippen LogP contribution in [0.15, 0.2) is 28.1 Å². The largest absolute Gasteiger partial charge is 0.355 e. The van der Waals surface area contributed by atoms with Crippen molar-refractivity contribution in [3.05, 3.63) is 29.3 Å². The first-order chi connectivity index (χ1) is 11.1. The first-order valence-electron chi connectivity index (χ1n) is 8.45. The van der Waals surface area contributed by atoms with Gasteiger partial charge in [0, 0.05) is 19.0 Å². The molecule has 0 radical (unpaired) electrons. The van der Waals surface area contributed by atoms with E-state index in [0.29, 0.717) is 12.3 Å². The molecule has 2 aromatic rings. The van der Waals surface area contributed by atoms with Gasteiger partial charge in [-0.25, -0.2) is 0 Å². The molecule has 1 unspecified atom stereocenters. The number of hydrogen-bond acceptors (Lipinski definition) is 4. The van der Waals surface area contributed by atoms with Gasteiger partial charge in [0.15, 0.2) is 5.76 Å². The Hall–Kier alpha value is -1.62. The summed E-state index contributed by atoms with van der Waals surface area (Å²) in [4.78, 5) is 15.8. The van der Waals surface area contributed by atoms with Crippen LogP contribution in [-0.4, -0.2) is 22.5 Å². The van der Waals surface area contributed by atoms with Gasteiger partial charge in [0.2, 0.25) is 5.91 Å². The molecule has 0 aliphatic carbocycles. The van der Waals surface area contributed by atoms with Crippen molar-refractivity contribution in [2.75, 3.05) is 6.54 Å². The maximum atomic E-state index is 12.7. The number of amides is 1. The van der Waals surface area contributed by atoms with Crippen LogP contribution >= 0.6 is 11.3 Å². The van der Waals surface area contributed by atoms with E-state index in [4.69, 9.17) is 4.52 Å². The van der Waals surface area contributed by atoms with Gasteiger partial charge in [0.05, 0.1) is 10.9 Å². The quantitative estimate of drug-likeness (QED) is 0.800. The van der Waals surface area contributed by atoms with Crippen molar-refractivity contribution in [1.82, 2.24) is 10.1 Å². The standard InChI is InChI=1S/C18H24N2O2S/c1-13(2)11-18(21)20-9-5-3-4-7-15(20)14-12-16(22-19-14)17-8-6-10-23-17/h6,8,10,12-13,15H,3-5,7,9,11H2,1-2H3. The minimum absolute atomic E-state index is 0.0567. The molecule has 3 rings (SSSR count). The molecule has 1 fully saturated rings. The Balaban J connectivity index is 1.83. The normalized spacial score (nSPS) is 19.1. The summed E-state index contributed by atoms with van der Waals surface area (Å²) in [7, 11) is 0. The van der Waals surface area contributed by atoms with Crippen molar-refractivity contribution in [2.24, 2.45) is 5.92 Å². The molecule has 2 aromatic heterocycles. The Bertz CT molecular complexity index is 633. The molecular formula is C18H24N2O2S. The van der Waals surface area contributed by atoms with Crippen molar-refractivity contribution in [3.63, 3.8) is 0 Å². The molecule has 1 aliphatic rings. The van der Waals surface area contributed by atoms with Crippen LogP contribution < -0.4 is 0 Å². The summed E-state index contributed by atoms with van der Waals surface area (Å²) in [5.74, 6) is 1.42. The van der Waals surface area contributed by atoms with E-state index in [9.17, 15) is 4.79 Å². The van der Waals surface area contributed by atoms with Gasteiger partial charge in [-0.3, -0.25) is 4.79 Å². The fraction of sp³-hybridized carbons (Fsp3) is 0.556. The zero-order chi connectivity index (χ0) is 16.2. The molecular weight excluding hydrogens is 308 g/mol. The molecule has 1 atom stereocenters. The summed E-state index contributed by atoms with van der Waals surface area (Å²) in [5.41, 5.74) is 0.896. The number of nitrogens with zero attached hydrogens (tertiary/aromatic N) is 2. The second kappa shape index (κ2) is 7.30. The Morgan fingerprint density at radius 1 is 1.43 bits per heavy atom. The lowest BCUT2D eigenvalue weighted by molar-refractivity contribution is -0.134. The van der Waals surface area contributed by atoms with Crippen LogP contribution in [0.5, 0.6) is 0 Å². The van der Waals surface area contributed by atoms with E-state index in [1.165, 1.54) is 6.42 Å². The molecule has 1 saturated heterocycles. The topological polar surface area (TPSA) is 46.3 Å². The lowest BCUT2D eigenvalue weighted by Crippen LogP contribution is -2.35. The monoisotopic (exact) mass is 332 g/mol. The molecule has 5 heteroatoms. The molecule has 0 aromatic carbocycles. The molecule has 3 heterocycles. The van der Waals surface area contributed by atoms with Gasteiger partial charge in [-0.1, -0.05) is 37.9 Å². The van der Waals surface area contributed by atoms with E-state index in [-0.39, 0.29) is 11.9 Å². The van der Waals surface area contributed by atoms with Crippen molar-refractivity contribution < 1.29 is 9.32 Å². The average Bonchev–Trinajstić information content (AvgIpc) is 3.13. The zero-order valence-electron chi connectivity index (χ0n) is 13.8. The predicted octanol–water partition coefficient (Wildman–Crippen LogP) is 4.89. The SMILES string of the molecule is CC(C)CC(=O)N1CCCCCC1c1cc(-c2cccs2)on1. The van der Waals surface area contributed by atoms with Gasteiger partial charge < -0.3 is 9.42 Å². The highest BCUT2D eigenvalue weighted by Gasteiger charge is 2.29. The minimum atomic E-state index is 0.0567. The molecule has 0 N–H and O–H groups in total. The molecule has 0 spiro atoms. The third-order valence-electron chi connectivity index (χ3n) is 4.29. The summed E-state index contributed by atoms with van der Waals surface area (Å²) in [6, 6.07) is 6.11. The molecule has 4 nitrogen and oxygen atoms in total. The van der Waals surface area contributed by atoms with Crippen molar-refractivity contribution in [3.8, 4) is 10.6 Å². The average molecular weight is 332 g/mol.